The van der Waals surface area contributed by atoms with Crippen LogP contribution in [-0.4, -0.2) is 0 Å². The molecule has 1 aliphatic carbocycles. The smallest absolute Gasteiger partial charge is 0.0193 e. The Morgan fingerprint density at radius 2 is 1.93 bits per heavy atom. The van der Waals surface area contributed by atoms with Crippen molar-refractivity contribution in [1.82, 2.24) is 0 Å². The fourth-order valence-corrected chi connectivity index (χ4v) is 1.80. The number of hydrogen-bond donors (Lipinski definition) is 0. The standard InChI is InChI=1S/C14H16/c1-3-7-13(8-4-1)11-12-14-9-5-2-6-10-14/h1-5,7-8,11-12,14H,6,9-10H2. The van der Waals surface area contributed by atoms with Gasteiger partial charge in [-0.1, -0.05) is 54.6 Å². The van der Waals surface area contributed by atoms with Gasteiger partial charge in [0.25, 0.3) is 0 Å². The van der Waals surface area contributed by atoms with Gasteiger partial charge >= 0.3 is 0 Å². The van der Waals surface area contributed by atoms with Crippen molar-refractivity contribution in [2.75, 3.05) is 0 Å². The summed E-state index contributed by atoms with van der Waals surface area (Å²) in [6.45, 7) is 0. The van der Waals surface area contributed by atoms with Crippen LogP contribution in [0.25, 0.3) is 6.08 Å². The SMILES string of the molecule is C1=CCC(C=Cc2ccccc2)CC1. The van der Waals surface area contributed by atoms with Gasteiger partial charge < -0.3 is 0 Å². The molecule has 0 saturated heterocycles. The van der Waals surface area contributed by atoms with Gasteiger partial charge in [-0.15, -0.1) is 0 Å². The van der Waals surface area contributed by atoms with Gasteiger partial charge in [0.05, 0.1) is 0 Å². The van der Waals surface area contributed by atoms with Gasteiger partial charge in [-0.25, -0.2) is 0 Å². The molecule has 0 fully saturated rings. The zero-order valence-corrected chi connectivity index (χ0v) is 8.39. The Kier molecular flexibility index (Phi) is 3.18. The van der Waals surface area contributed by atoms with Gasteiger partial charge in [0.2, 0.25) is 0 Å². The predicted molar refractivity (Wildman–Crippen MR) is 62.0 cm³/mol. The second-order valence-corrected chi connectivity index (χ2v) is 3.81. The highest BCUT2D eigenvalue weighted by molar-refractivity contribution is 5.49. The minimum absolute atomic E-state index is 0.750. The van der Waals surface area contributed by atoms with E-state index in [1.54, 1.807) is 0 Å². The zero-order valence-electron chi connectivity index (χ0n) is 8.39. The van der Waals surface area contributed by atoms with Gasteiger partial charge in [0.1, 0.15) is 0 Å². The molecule has 0 radical (unpaired) electrons. The highest BCUT2D eigenvalue weighted by Crippen LogP contribution is 2.20. The average molecular weight is 184 g/mol. The number of hydrogen-bond acceptors (Lipinski definition) is 0. The summed E-state index contributed by atoms with van der Waals surface area (Å²) in [6.07, 6.45) is 12.9. The summed E-state index contributed by atoms with van der Waals surface area (Å²) in [6, 6.07) is 10.5. The highest BCUT2D eigenvalue weighted by atomic mass is 14.1. The Hall–Kier alpha value is -1.30. The first kappa shape index (κ1) is 9.26. The van der Waals surface area contributed by atoms with Crippen molar-refractivity contribution in [1.29, 1.82) is 0 Å². The molecule has 1 aliphatic rings. The normalized spacial score (nSPS) is 21.6. The lowest BCUT2D eigenvalue weighted by molar-refractivity contribution is 0.586. The molecule has 0 saturated carbocycles. The molecule has 0 amide bonds. The second-order valence-electron chi connectivity index (χ2n) is 3.81. The Balaban J connectivity index is 1.97. The van der Waals surface area contributed by atoms with E-state index in [9.17, 15) is 0 Å². The van der Waals surface area contributed by atoms with Crippen molar-refractivity contribution in [2.24, 2.45) is 5.92 Å². The van der Waals surface area contributed by atoms with E-state index in [0.29, 0.717) is 0 Å². The third-order valence-corrected chi connectivity index (χ3v) is 2.67. The summed E-state index contributed by atoms with van der Waals surface area (Å²) in [4.78, 5) is 0. The van der Waals surface area contributed by atoms with Crippen LogP contribution in [0.4, 0.5) is 0 Å². The lowest BCUT2D eigenvalue weighted by Crippen LogP contribution is -1.97. The minimum atomic E-state index is 0.750. The lowest BCUT2D eigenvalue weighted by Gasteiger charge is -2.12. The molecule has 0 heterocycles. The number of benzene rings is 1. The van der Waals surface area contributed by atoms with E-state index in [-0.39, 0.29) is 0 Å². The van der Waals surface area contributed by atoms with Crippen LogP contribution in [0, 0.1) is 5.92 Å². The molecule has 72 valence electrons. The molecule has 0 aromatic heterocycles. The first-order chi connectivity index (χ1) is 6.95. The summed E-state index contributed by atoms with van der Waals surface area (Å²) in [5, 5.41) is 0. The summed E-state index contributed by atoms with van der Waals surface area (Å²) >= 11 is 0. The summed E-state index contributed by atoms with van der Waals surface area (Å²) in [5.74, 6) is 0.750. The molecule has 1 aromatic carbocycles. The molecule has 1 atom stereocenters. The Morgan fingerprint density at radius 3 is 2.64 bits per heavy atom. The molecule has 0 N–H and O–H groups in total. The molecule has 0 aliphatic heterocycles. The predicted octanol–water partition coefficient (Wildman–Crippen LogP) is 4.06. The molecule has 0 nitrogen and oxygen atoms in total. The van der Waals surface area contributed by atoms with Crippen molar-refractivity contribution >= 4 is 6.08 Å². The van der Waals surface area contributed by atoms with Crippen molar-refractivity contribution in [3.63, 3.8) is 0 Å². The van der Waals surface area contributed by atoms with Crippen LogP contribution in [0.3, 0.4) is 0 Å². The maximum atomic E-state index is 2.35. The van der Waals surface area contributed by atoms with Crippen LogP contribution < -0.4 is 0 Å². The third kappa shape index (κ3) is 2.59. The minimum Gasteiger partial charge on any atom is -0.0885 e. The average Bonchev–Trinajstić information content (AvgIpc) is 2.29. The van der Waals surface area contributed by atoms with Gasteiger partial charge in [-0.3, -0.25) is 0 Å². The van der Waals surface area contributed by atoms with Crippen LogP contribution in [0.5, 0.6) is 0 Å². The van der Waals surface area contributed by atoms with E-state index >= 15 is 0 Å². The van der Waals surface area contributed by atoms with Crippen LogP contribution in [0.1, 0.15) is 24.8 Å². The molecule has 0 heteroatoms. The topological polar surface area (TPSA) is 0 Å². The van der Waals surface area contributed by atoms with E-state index in [2.05, 4.69) is 54.6 Å². The fourth-order valence-electron chi connectivity index (χ4n) is 1.80. The second kappa shape index (κ2) is 4.80. The summed E-state index contributed by atoms with van der Waals surface area (Å²) < 4.78 is 0. The molecule has 0 bridgehead atoms. The number of allylic oxidation sites excluding steroid dienone is 3. The first-order valence-electron chi connectivity index (χ1n) is 5.33. The zero-order chi connectivity index (χ0) is 9.64. The fraction of sp³-hybridized carbons (Fsp3) is 0.286. The monoisotopic (exact) mass is 184 g/mol. The van der Waals surface area contributed by atoms with E-state index in [1.807, 2.05) is 0 Å². The molecular weight excluding hydrogens is 168 g/mol. The first-order valence-corrected chi connectivity index (χ1v) is 5.33. The van der Waals surface area contributed by atoms with Crippen molar-refractivity contribution in [3.8, 4) is 0 Å². The molecule has 1 unspecified atom stereocenters. The van der Waals surface area contributed by atoms with Crippen molar-refractivity contribution in [3.05, 3.63) is 54.1 Å². The Morgan fingerprint density at radius 1 is 1.07 bits per heavy atom. The molecule has 2 rings (SSSR count). The Labute approximate surface area is 86.0 Å². The van der Waals surface area contributed by atoms with E-state index in [0.717, 1.165) is 5.92 Å². The molecule has 1 aromatic rings. The molecular formula is C14H16. The van der Waals surface area contributed by atoms with Gasteiger partial charge in [0.15, 0.2) is 0 Å². The van der Waals surface area contributed by atoms with Crippen molar-refractivity contribution < 1.29 is 0 Å². The van der Waals surface area contributed by atoms with Crippen molar-refractivity contribution in [2.45, 2.75) is 19.3 Å². The van der Waals surface area contributed by atoms with E-state index < -0.39 is 0 Å². The van der Waals surface area contributed by atoms with Crippen LogP contribution in [0.2, 0.25) is 0 Å². The third-order valence-electron chi connectivity index (χ3n) is 2.67. The van der Waals surface area contributed by atoms with Crippen LogP contribution in [0.15, 0.2) is 48.6 Å². The maximum absolute atomic E-state index is 2.35. The lowest BCUT2D eigenvalue weighted by atomic mass is 9.93. The van der Waals surface area contributed by atoms with Gasteiger partial charge in [-0.2, -0.15) is 0 Å². The van der Waals surface area contributed by atoms with E-state index in [1.165, 1.54) is 24.8 Å². The summed E-state index contributed by atoms with van der Waals surface area (Å²) in [5.41, 5.74) is 1.31. The summed E-state index contributed by atoms with van der Waals surface area (Å²) in [7, 11) is 0. The Bertz CT molecular complexity index is 319. The van der Waals surface area contributed by atoms with Gasteiger partial charge in [0, 0.05) is 0 Å². The molecule has 0 spiro atoms. The molecule has 14 heavy (non-hydrogen) atoms. The quantitative estimate of drug-likeness (QED) is 0.608. The highest BCUT2D eigenvalue weighted by Gasteiger charge is 2.04. The van der Waals surface area contributed by atoms with Crippen LogP contribution in [-0.2, 0) is 0 Å². The van der Waals surface area contributed by atoms with E-state index in [4.69, 9.17) is 0 Å². The van der Waals surface area contributed by atoms with Crippen LogP contribution >= 0.6 is 0 Å². The van der Waals surface area contributed by atoms with Gasteiger partial charge in [-0.05, 0) is 30.7 Å². The largest absolute Gasteiger partial charge is 0.0885 e. The maximum Gasteiger partial charge on any atom is -0.0193 e. The number of rotatable bonds is 2.